The van der Waals surface area contributed by atoms with Crippen LogP contribution >= 0.6 is 0 Å². The first-order valence-electron chi connectivity index (χ1n) is 4.14. The van der Waals surface area contributed by atoms with Crippen molar-refractivity contribution in [2.24, 2.45) is 5.92 Å². The highest BCUT2D eigenvalue weighted by molar-refractivity contribution is 4.97. The molecule has 0 aromatic carbocycles. The van der Waals surface area contributed by atoms with Crippen molar-refractivity contribution in [2.75, 3.05) is 7.05 Å². The molecule has 0 bridgehead atoms. The highest BCUT2D eigenvalue weighted by atomic mass is 15.1. The molecule has 1 rings (SSSR count). The molecule has 10 heavy (non-hydrogen) atoms. The Bertz CT molecular complexity index is 129. The third-order valence-corrected chi connectivity index (χ3v) is 2.54. The minimum absolute atomic E-state index is 0.769. The molecule has 0 aliphatic carbocycles. The molecule has 1 heterocycles. The Morgan fingerprint density at radius 3 is 2.80 bits per heavy atom. The maximum atomic E-state index is 2.33. The van der Waals surface area contributed by atoms with Gasteiger partial charge in [0.05, 0.1) is 0 Å². The molecular formula is C9H17N. The summed E-state index contributed by atoms with van der Waals surface area (Å²) in [4.78, 5) is 2.33. The molecule has 1 unspecified atom stereocenters. The average molecular weight is 139 g/mol. The van der Waals surface area contributed by atoms with E-state index < -0.39 is 0 Å². The van der Waals surface area contributed by atoms with Gasteiger partial charge in [0.1, 0.15) is 0 Å². The van der Waals surface area contributed by atoms with Gasteiger partial charge >= 0.3 is 0 Å². The highest BCUT2D eigenvalue weighted by Crippen LogP contribution is 2.21. The second-order valence-electron chi connectivity index (χ2n) is 3.24. The van der Waals surface area contributed by atoms with E-state index in [0.717, 1.165) is 12.0 Å². The molecule has 1 aliphatic heterocycles. The Kier molecular flexibility index (Phi) is 2.36. The van der Waals surface area contributed by atoms with Gasteiger partial charge in [0.2, 0.25) is 0 Å². The van der Waals surface area contributed by atoms with Crippen molar-refractivity contribution in [1.29, 1.82) is 0 Å². The van der Waals surface area contributed by atoms with Gasteiger partial charge in [-0.25, -0.2) is 0 Å². The fraction of sp³-hybridized carbons (Fsp3) is 0.778. The van der Waals surface area contributed by atoms with Crippen LogP contribution in [0.25, 0.3) is 0 Å². The first-order chi connectivity index (χ1) is 4.75. The number of hydrogen-bond donors (Lipinski definition) is 0. The zero-order valence-electron chi connectivity index (χ0n) is 7.17. The third kappa shape index (κ3) is 1.34. The normalized spacial score (nSPS) is 27.5. The molecular weight excluding hydrogens is 122 g/mol. The molecule has 0 amide bonds. The second-order valence-corrected chi connectivity index (χ2v) is 3.24. The molecule has 2 atom stereocenters. The van der Waals surface area contributed by atoms with Crippen LogP contribution in [0.5, 0.6) is 0 Å². The smallest absolute Gasteiger partial charge is 0.0341 e. The largest absolute Gasteiger partial charge is 0.377 e. The van der Waals surface area contributed by atoms with Crippen LogP contribution in [-0.2, 0) is 0 Å². The van der Waals surface area contributed by atoms with Gasteiger partial charge in [0.15, 0.2) is 0 Å². The quantitative estimate of drug-likeness (QED) is 0.567. The van der Waals surface area contributed by atoms with Crippen molar-refractivity contribution in [3.8, 4) is 0 Å². The minimum atomic E-state index is 0.769. The Labute approximate surface area is 63.7 Å². The summed E-state index contributed by atoms with van der Waals surface area (Å²) in [6.45, 7) is 4.59. The Morgan fingerprint density at radius 1 is 1.70 bits per heavy atom. The molecule has 58 valence electrons. The van der Waals surface area contributed by atoms with Gasteiger partial charge in [-0.2, -0.15) is 0 Å². The topological polar surface area (TPSA) is 3.24 Å². The van der Waals surface area contributed by atoms with Gasteiger partial charge < -0.3 is 4.90 Å². The monoisotopic (exact) mass is 139 g/mol. The summed E-state index contributed by atoms with van der Waals surface area (Å²) in [5.41, 5.74) is 0. The zero-order valence-corrected chi connectivity index (χ0v) is 7.17. The maximum absolute atomic E-state index is 2.33. The van der Waals surface area contributed by atoms with Crippen LogP contribution < -0.4 is 0 Å². The van der Waals surface area contributed by atoms with E-state index in [0.29, 0.717) is 0 Å². The van der Waals surface area contributed by atoms with Crippen LogP contribution in [-0.4, -0.2) is 18.0 Å². The van der Waals surface area contributed by atoms with Crippen molar-refractivity contribution in [1.82, 2.24) is 4.90 Å². The summed E-state index contributed by atoms with van der Waals surface area (Å²) in [6.07, 6.45) is 6.98. The molecule has 0 saturated heterocycles. The van der Waals surface area contributed by atoms with Crippen molar-refractivity contribution in [2.45, 2.75) is 32.7 Å². The molecule has 0 spiro atoms. The van der Waals surface area contributed by atoms with E-state index in [-0.39, 0.29) is 0 Å². The average Bonchev–Trinajstić information content (AvgIpc) is 2.34. The molecule has 0 saturated carbocycles. The Morgan fingerprint density at radius 2 is 2.40 bits per heavy atom. The number of rotatable bonds is 2. The Balaban J connectivity index is 2.42. The predicted octanol–water partition coefficient (Wildman–Crippen LogP) is 2.25. The van der Waals surface area contributed by atoms with E-state index in [4.69, 9.17) is 0 Å². The van der Waals surface area contributed by atoms with Gasteiger partial charge in [-0.1, -0.05) is 26.3 Å². The van der Waals surface area contributed by atoms with Crippen molar-refractivity contribution < 1.29 is 0 Å². The maximum Gasteiger partial charge on any atom is 0.0341 e. The van der Waals surface area contributed by atoms with Crippen LogP contribution in [0.3, 0.4) is 0 Å². The van der Waals surface area contributed by atoms with E-state index in [1.807, 2.05) is 0 Å². The summed E-state index contributed by atoms with van der Waals surface area (Å²) in [7, 11) is 2.17. The van der Waals surface area contributed by atoms with Crippen LogP contribution in [0.1, 0.15) is 26.7 Å². The van der Waals surface area contributed by atoms with Crippen molar-refractivity contribution in [3.63, 3.8) is 0 Å². The SMILES string of the molecule is CCC(C)[C@@H]1CC=CN1C. The van der Waals surface area contributed by atoms with Crippen molar-refractivity contribution >= 4 is 0 Å². The molecule has 0 aromatic heterocycles. The van der Waals surface area contributed by atoms with E-state index in [9.17, 15) is 0 Å². The minimum Gasteiger partial charge on any atom is -0.377 e. The van der Waals surface area contributed by atoms with E-state index >= 15 is 0 Å². The summed E-state index contributed by atoms with van der Waals surface area (Å²) < 4.78 is 0. The fourth-order valence-electron chi connectivity index (χ4n) is 1.55. The van der Waals surface area contributed by atoms with Crippen LogP contribution in [0.4, 0.5) is 0 Å². The highest BCUT2D eigenvalue weighted by Gasteiger charge is 2.20. The van der Waals surface area contributed by atoms with E-state index in [1.54, 1.807) is 0 Å². The molecule has 0 fully saturated rings. The Hall–Kier alpha value is -0.460. The molecule has 1 aliphatic rings. The van der Waals surface area contributed by atoms with Crippen molar-refractivity contribution in [3.05, 3.63) is 12.3 Å². The first-order valence-corrected chi connectivity index (χ1v) is 4.14. The molecule has 0 aromatic rings. The fourth-order valence-corrected chi connectivity index (χ4v) is 1.55. The van der Waals surface area contributed by atoms with Gasteiger partial charge in [0.25, 0.3) is 0 Å². The van der Waals surface area contributed by atoms with Crippen LogP contribution in [0, 0.1) is 5.92 Å². The second kappa shape index (κ2) is 3.09. The van der Waals surface area contributed by atoms with Crippen LogP contribution in [0.2, 0.25) is 0 Å². The van der Waals surface area contributed by atoms with Gasteiger partial charge in [-0.05, 0) is 18.5 Å². The van der Waals surface area contributed by atoms with Gasteiger partial charge in [-0.15, -0.1) is 0 Å². The summed E-state index contributed by atoms with van der Waals surface area (Å²) in [5.74, 6) is 0.833. The molecule has 0 N–H and O–H groups in total. The molecule has 0 radical (unpaired) electrons. The van der Waals surface area contributed by atoms with E-state index in [1.165, 1.54) is 12.8 Å². The standard InChI is InChI=1S/C9H17N/c1-4-8(2)9-6-5-7-10(9)3/h5,7-9H,4,6H2,1-3H3/t8?,9-/m0/s1. The van der Waals surface area contributed by atoms with Crippen LogP contribution in [0.15, 0.2) is 12.3 Å². The summed E-state index contributed by atoms with van der Waals surface area (Å²) >= 11 is 0. The summed E-state index contributed by atoms with van der Waals surface area (Å²) in [5, 5.41) is 0. The summed E-state index contributed by atoms with van der Waals surface area (Å²) in [6, 6.07) is 0.769. The zero-order chi connectivity index (χ0) is 7.56. The number of nitrogens with zero attached hydrogens (tertiary/aromatic N) is 1. The lowest BCUT2D eigenvalue weighted by Gasteiger charge is -2.26. The third-order valence-electron chi connectivity index (χ3n) is 2.54. The first kappa shape index (κ1) is 7.64. The van der Waals surface area contributed by atoms with Gasteiger partial charge in [0, 0.05) is 13.1 Å². The number of hydrogen-bond acceptors (Lipinski definition) is 1. The predicted molar refractivity (Wildman–Crippen MR) is 44.8 cm³/mol. The van der Waals surface area contributed by atoms with E-state index in [2.05, 4.69) is 38.1 Å². The molecule has 1 heteroatoms. The lowest BCUT2D eigenvalue weighted by molar-refractivity contribution is 0.263. The lowest BCUT2D eigenvalue weighted by atomic mass is 9.97. The van der Waals surface area contributed by atoms with Gasteiger partial charge in [-0.3, -0.25) is 0 Å². The molecule has 1 nitrogen and oxygen atoms in total. The lowest BCUT2D eigenvalue weighted by Crippen LogP contribution is -2.28.